The summed E-state index contributed by atoms with van der Waals surface area (Å²) in [6, 6.07) is 8.06. The van der Waals surface area contributed by atoms with E-state index < -0.39 is 16.6 Å². The van der Waals surface area contributed by atoms with Gasteiger partial charge in [-0.3, -0.25) is 15.1 Å². The Morgan fingerprint density at radius 2 is 2.12 bits per heavy atom. The summed E-state index contributed by atoms with van der Waals surface area (Å²) in [7, 11) is 1.51. The third-order valence-corrected chi connectivity index (χ3v) is 3.93. The highest BCUT2D eigenvalue weighted by Gasteiger charge is 2.48. The lowest BCUT2D eigenvalue weighted by Gasteiger charge is -2.17. The number of ether oxygens (including phenoxy) is 2. The molecule has 130 valence electrons. The van der Waals surface area contributed by atoms with E-state index in [-0.39, 0.29) is 12.3 Å². The molecule has 1 N–H and O–H groups in total. The van der Waals surface area contributed by atoms with E-state index in [1.165, 1.54) is 19.2 Å². The molecule has 1 amide bonds. The molecule has 3 rings (SSSR count). The van der Waals surface area contributed by atoms with Crippen LogP contribution in [0.3, 0.4) is 0 Å². The van der Waals surface area contributed by atoms with Gasteiger partial charge in [0.15, 0.2) is 0 Å². The maximum Gasteiger partial charge on any atom is 0.407 e. The molecule has 1 aromatic heterocycles. The molecule has 0 saturated heterocycles. The predicted octanol–water partition coefficient (Wildman–Crippen LogP) is 2.92. The molecule has 0 atom stereocenters. The van der Waals surface area contributed by atoms with Crippen molar-refractivity contribution in [1.29, 1.82) is 0 Å². The molecule has 1 aliphatic rings. The van der Waals surface area contributed by atoms with Gasteiger partial charge in [0.25, 0.3) is 5.69 Å². The first-order valence-electron chi connectivity index (χ1n) is 7.75. The Balaban J connectivity index is 1.71. The van der Waals surface area contributed by atoms with Crippen molar-refractivity contribution in [2.45, 2.75) is 18.4 Å². The fourth-order valence-electron chi connectivity index (χ4n) is 2.33. The molecule has 25 heavy (non-hydrogen) atoms. The van der Waals surface area contributed by atoms with Crippen molar-refractivity contribution in [1.82, 2.24) is 10.3 Å². The van der Waals surface area contributed by atoms with E-state index in [1.807, 2.05) is 0 Å². The summed E-state index contributed by atoms with van der Waals surface area (Å²) in [5, 5.41) is 13.3. The smallest absolute Gasteiger partial charge is 0.407 e. The van der Waals surface area contributed by atoms with Crippen molar-refractivity contribution in [3.8, 4) is 16.9 Å². The lowest BCUT2D eigenvalue weighted by Crippen LogP contribution is -2.31. The molecule has 1 aliphatic carbocycles. The lowest BCUT2D eigenvalue weighted by molar-refractivity contribution is -0.384. The second-order valence-electron chi connectivity index (χ2n) is 5.83. The highest BCUT2D eigenvalue weighted by atomic mass is 16.6. The molecule has 0 bridgehead atoms. The van der Waals surface area contributed by atoms with Gasteiger partial charge in [-0.15, -0.1) is 0 Å². The van der Waals surface area contributed by atoms with Crippen molar-refractivity contribution in [3.05, 3.63) is 52.8 Å². The van der Waals surface area contributed by atoms with Gasteiger partial charge in [0.2, 0.25) is 0 Å². The van der Waals surface area contributed by atoms with Gasteiger partial charge < -0.3 is 14.8 Å². The first-order valence-corrected chi connectivity index (χ1v) is 7.75. The number of carbonyl (C=O) groups excluding carboxylic acids is 1. The Hall–Kier alpha value is -3.16. The van der Waals surface area contributed by atoms with Crippen LogP contribution in [0.1, 0.15) is 12.8 Å². The van der Waals surface area contributed by atoms with E-state index in [4.69, 9.17) is 9.47 Å². The van der Waals surface area contributed by atoms with Gasteiger partial charge in [0, 0.05) is 30.9 Å². The van der Waals surface area contributed by atoms with Crippen LogP contribution in [0.4, 0.5) is 10.5 Å². The summed E-state index contributed by atoms with van der Waals surface area (Å²) in [6.07, 6.45) is 4.18. The Bertz CT molecular complexity index is 804. The number of nitro groups is 1. The maximum absolute atomic E-state index is 11.3. The van der Waals surface area contributed by atoms with E-state index in [0.717, 1.165) is 12.8 Å². The second-order valence-corrected chi connectivity index (χ2v) is 5.83. The van der Waals surface area contributed by atoms with Crippen LogP contribution in [0.15, 0.2) is 42.7 Å². The van der Waals surface area contributed by atoms with Crippen LogP contribution in [0.5, 0.6) is 5.75 Å². The van der Waals surface area contributed by atoms with Gasteiger partial charge in [-0.2, -0.15) is 0 Å². The normalized spacial score (nSPS) is 14.4. The second kappa shape index (κ2) is 6.76. The molecule has 1 saturated carbocycles. The summed E-state index contributed by atoms with van der Waals surface area (Å²) in [4.78, 5) is 25.9. The Morgan fingerprint density at radius 1 is 1.32 bits per heavy atom. The lowest BCUT2D eigenvalue weighted by atomic mass is 10.1. The van der Waals surface area contributed by atoms with Crippen LogP contribution in [-0.4, -0.2) is 35.3 Å². The van der Waals surface area contributed by atoms with E-state index >= 15 is 0 Å². The summed E-state index contributed by atoms with van der Waals surface area (Å²) >= 11 is 0. The number of nitrogens with one attached hydrogen (secondary N) is 1. The van der Waals surface area contributed by atoms with Gasteiger partial charge >= 0.3 is 6.09 Å². The Labute approximate surface area is 143 Å². The molecule has 0 radical (unpaired) electrons. The number of nitrogens with zero attached hydrogens (tertiary/aromatic N) is 2. The third-order valence-electron chi connectivity index (χ3n) is 3.93. The summed E-state index contributed by atoms with van der Waals surface area (Å²) < 4.78 is 11.0. The number of pyridine rings is 1. The van der Waals surface area contributed by atoms with Crippen molar-refractivity contribution in [2.75, 3.05) is 13.7 Å². The number of non-ortho nitro benzene ring substituents is 1. The average molecular weight is 343 g/mol. The standard InChI is InChI=1S/C17H17N3O5/c1-18-16(21)25-17(5-6-17)11-24-15-8-13(9-19-10-15)12-3-2-4-14(7-12)20(22)23/h2-4,7-10H,5-6,11H2,1H3,(H,18,21). The molecule has 1 fully saturated rings. The number of benzene rings is 1. The molecule has 0 spiro atoms. The fraction of sp³-hybridized carbons (Fsp3) is 0.294. The highest BCUT2D eigenvalue weighted by Crippen LogP contribution is 2.40. The van der Waals surface area contributed by atoms with Gasteiger partial charge in [-0.25, -0.2) is 4.79 Å². The van der Waals surface area contributed by atoms with Crippen LogP contribution in [-0.2, 0) is 4.74 Å². The van der Waals surface area contributed by atoms with Crippen molar-refractivity contribution >= 4 is 11.8 Å². The number of aromatic nitrogens is 1. The number of rotatable bonds is 6. The van der Waals surface area contributed by atoms with Crippen molar-refractivity contribution in [2.24, 2.45) is 0 Å². The topological polar surface area (TPSA) is 104 Å². The number of hydrogen-bond acceptors (Lipinski definition) is 6. The van der Waals surface area contributed by atoms with Gasteiger partial charge in [0.1, 0.15) is 18.0 Å². The first-order chi connectivity index (χ1) is 12.0. The predicted molar refractivity (Wildman–Crippen MR) is 89.3 cm³/mol. The SMILES string of the molecule is CNC(=O)OC1(COc2cncc(-c3cccc([N+](=O)[O-])c3)c2)CC1. The van der Waals surface area contributed by atoms with Crippen LogP contribution in [0, 0.1) is 10.1 Å². The van der Waals surface area contributed by atoms with Gasteiger partial charge in [-0.05, 0) is 24.5 Å². The van der Waals surface area contributed by atoms with Crippen LogP contribution in [0.25, 0.3) is 11.1 Å². The molecule has 1 aromatic carbocycles. The molecular formula is C17H17N3O5. The highest BCUT2D eigenvalue weighted by molar-refractivity contribution is 5.68. The van der Waals surface area contributed by atoms with Crippen LogP contribution >= 0.6 is 0 Å². The molecule has 2 aromatic rings. The average Bonchev–Trinajstić information content (AvgIpc) is 3.40. The van der Waals surface area contributed by atoms with Crippen LogP contribution < -0.4 is 10.1 Å². The fourth-order valence-corrected chi connectivity index (χ4v) is 2.33. The molecular weight excluding hydrogens is 326 g/mol. The quantitative estimate of drug-likeness (QED) is 0.639. The van der Waals surface area contributed by atoms with E-state index in [0.29, 0.717) is 16.9 Å². The largest absolute Gasteiger partial charge is 0.488 e. The molecule has 8 nitrogen and oxygen atoms in total. The Kier molecular flexibility index (Phi) is 4.51. The van der Waals surface area contributed by atoms with Gasteiger partial charge in [0.05, 0.1) is 11.1 Å². The molecule has 1 heterocycles. The number of amides is 1. The first kappa shape index (κ1) is 16.7. The zero-order valence-corrected chi connectivity index (χ0v) is 13.6. The number of carbonyl (C=O) groups is 1. The molecule has 0 unspecified atom stereocenters. The van der Waals surface area contributed by atoms with Crippen molar-refractivity contribution < 1.29 is 19.2 Å². The summed E-state index contributed by atoms with van der Waals surface area (Å²) in [5.74, 6) is 0.510. The number of hydrogen-bond donors (Lipinski definition) is 1. The van der Waals surface area contributed by atoms with Crippen LogP contribution in [0.2, 0.25) is 0 Å². The van der Waals surface area contributed by atoms with E-state index in [2.05, 4.69) is 10.3 Å². The van der Waals surface area contributed by atoms with E-state index in [9.17, 15) is 14.9 Å². The Morgan fingerprint density at radius 3 is 2.80 bits per heavy atom. The number of nitro benzene ring substituents is 1. The minimum atomic E-state index is -0.582. The van der Waals surface area contributed by atoms with Gasteiger partial charge in [-0.1, -0.05) is 12.1 Å². The monoisotopic (exact) mass is 343 g/mol. The molecule has 0 aliphatic heterocycles. The van der Waals surface area contributed by atoms with E-state index in [1.54, 1.807) is 30.6 Å². The summed E-state index contributed by atoms with van der Waals surface area (Å²) in [5.41, 5.74) is 0.814. The number of alkyl carbamates (subject to hydrolysis) is 1. The minimum Gasteiger partial charge on any atom is -0.488 e. The maximum atomic E-state index is 11.3. The summed E-state index contributed by atoms with van der Waals surface area (Å²) in [6.45, 7) is 0.237. The third kappa shape index (κ3) is 4.03. The minimum absolute atomic E-state index is 0.0136. The van der Waals surface area contributed by atoms with Crippen molar-refractivity contribution in [3.63, 3.8) is 0 Å². The molecule has 8 heteroatoms. The zero-order valence-electron chi connectivity index (χ0n) is 13.6. The zero-order chi connectivity index (χ0) is 17.9.